The molecule has 1 heterocycles. The van der Waals surface area contributed by atoms with Crippen molar-refractivity contribution in [3.05, 3.63) is 0 Å². The quantitative estimate of drug-likeness (QED) is 0.777. The van der Waals surface area contributed by atoms with E-state index in [1.165, 1.54) is 0 Å². The molecule has 2 N–H and O–H groups in total. The molecule has 0 aromatic heterocycles. The summed E-state index contributed by atoms with van der Waals surface area (Å²) in [5, 5.41) is 0. The summed E-state index contributed by atoms with van der Waals surface area (Å²) in [5.74, 6) is 0.366. The van der Waals surface area contributed by atoms with Crippen molar-refractivity contribution >= 4 is 23.3 Å². The Morgan fingerprint density at radius 3 is 2.28 bits per heavy atom. The Balaban J connectivity index is 2.35. The van der Waals surface area contributed by atoms with Gasteiger partial charge < -0.3 is 15.4 Å². The summed E-state index contributed by atoms with van der Waals surface area (Å²) >= 11 is 4.98. The molecule has 1 atom stereocenters. The lowest BCUT2D eigenvalue weighted by atomic mass is 10.2. The number of nitrogens with zero attached hydrogens (tertiary/aromatic N) is 2. The molecule has 18 heavy (non-hydrogen) atoms. The Kier molecular flexibility index (Phi) is 5.81. The average Bonchev–Trinajstić information content (AvgIpc) is 2.35. The molecule has 1 rings (SSSR count). The molecule has 1 fully saturated rings. The van der Waals surface area contributed by atoms with Gasteiger partial charge in [0.05, 0.1) is 17.6 Å². The number of hydrogen-bond acceptors (Lipinski definition) is 4. The first-order valence-corrected chi connectivity index (χ1v) is 6.77. The highest BCUT2D eigenvalue weighted by atomic mass is 32.1. The molecule has 1 aliphatic rings. The fourth-order valence-electron chi connectivity index (χ4n) is 1.80. The highest BCUT2D eigenvalue weighted by molar-refractivity contribution is 7.80. The zero-order valence-corrected chi connectivity index (χ0v) is 12.2. The van der Waals surface area contributed by atoms with E-state index >= 15 is 0 Å². The van der Waals surface area contributed by atoms with Crippen LogP contribution in [0.25, 0.3) is 0 Å². The van der Waals surface area contributed by atoms with Crippen molar-refractivity contribution < 1.29 is 9.53 Å². The minimum atomic E-state index is -0.216. The van der Waals surface area contributed by atoms with Crippen molar-refractivity contribution in [2.24, 2.45) is 11.7 Å². The second-order valence-corrected chi connectivity index (χ2v) is 5.54. The number of carbonyl (C=O) groups is 1. The first-order valence-electron chi connectivity index (χ1n) is 6.37. The van der Waals surface area contributed by atoms with E-state index in [2.05, 4.69) is 4.90 Å². The van der Waals surface area contributed by atoms with Crippen LogP contribution in [0.4, 0.5) is 4.79 Å². The maximum atomic E-state index is 11.7. The Labute approximate surface area is 114 Å². The maximum Gasteiger partial charge on any atom is 0.409 e. The van der Waals surface area contributed by atoms with Crippen molar-refractivity contribution in [3.8, 4) is 0 Å². The van der Waals surface area contributed by atoms with Crippen LogP contribution in [0.5, 0.6) is 0 Å². The number of ether oxygens (including phenoxy) is 1. The number of carbonyl (C=O) groups excluding carboxylic acids is 1. The Hall–Kier alpha value is -0.880. The van der Waals surface area contributed by atoms with Gasteiger partial charge in [-0.1, -0.05) is 26.1 Å². The van der Waals surface area contributed by atoms with E-state index < -0.39 is 0 Å². The summed E-state index contributed by atoms with van der Waals surface area (Å²) in [6.07, 6.45) is -0.216. The molecule has 0 aliphatic carbocycles. The fourth-order valence-corrected chi connectivity index (χ4v) is 1.95. The maximum absolute atomic E-state index is 11.7. The molecule has 1 amide bonds. The van der Waals surface area contributed by atoms with Gasteiger partial charge in [0.1, 0.15) is 0 Å². The summed E-state index contributed by atoms with van der Waals surface area (Å²) in [6.45, 7) is 9.43. The molecule has 0 spiro atoms. The largest absolute Gasteiger partial charge is 0.449 e. The SMILES string of the molecule is CC(C)COC(=O)N1CCN(C(C)C(N)=S)CC1. The van der Waals surface area contributed by atoms with E-state index in [9.17, 15) is 4.79 Å². The van der Waals surface area contributed by atoms with Gasteiger partial charge in [-0.25, -0.2) is 4.79 Å². The molecule has 0 aromatic carbocycles. The molecule has 1 aliphatic heterocycles. The number of amides is 1. The van der Waals surface area contributed by atoms with Gasteiger partial charge in [0.25, 0.3) is 0 Å². The fraction of sp³-hybridized carbons (Fsp3) is 0.833. The van der Waals surface area contributed by atoms with Crippen LogP contribution in [-0.4, -0.2) is 59.7 Å². The third-order valence-corrected chi connectivity index (χ3v) is 3.41. The lowest BCUT2D eigenvalue weighted by Gasteiger charge is -2.37. The van der Waals surface area contributed by atoms with Crippen molar-refractivity contribution in [2.75, 3.05) is 32.8 Å². The highest BCUT2D eigenvalue weighted by Crippen LogP contribution is 2.08. The first kappa shape index (κ1) is 15.2. The summed E-state index contributed by atoms with van der Waals surface area (Å²) in [5.41, 5.74) is 5.63. The van der Waals surface area contributed by atoms with Gasteiger partial charge in [0.15, 0.2) is 0 Å². The van der Waals surface area contributed by atoms with Gasteiger partial charge in [-0.3, -0.25) is 4.90 Å². The lowest BCUT2D eigenvalue weighted by molar-refractivity contribution is 0.0664. The van der Waals surface area contributed by atoms with Crippen molar-refractivity contribution in [3.63, 3.8) is 0 Å². The van der Waals surface area contributed by atoms with Crippen molar-refractivity contribution in [1.82, 2.24) is 9.80 Å². The molecule has 6 heteroatoms. The summed E-state index contributed by atoms with van der Waals surface area (Å²) in [7, 11) is 0. The smallest absolute Gasteiger partial charge is 0.409 e. The second-order valence-electron chi connectivity index (χ2n) is 5.07. The van der Waals surface area contributed by atoms with Gasteiger partial charge in [0.2, 0.25) is 0 Å². The van der Waals surface area contributed by atoms with Crippen LogP contribution in [0.1, 0.15) is 20.8 Å². The predicted molar refractivity (Wildman–Crippen MR) is 75.6 cm³/mol. The molecular weight excluding hydrogens is 250 g/mol. The number of rotatable bonds is 4. The van der Waals surface area contributed by atoms with Gasteiger partial charge in [-0.2, -0.15) is 0 Å². The van der Waals surface area contributed by atoms with Crippen molar-refractivity contribution in [1.29, 1.82) is 0 Å². The molecular formula is C12H23N3O2S. The van der Waals surface area contributed by atoms with Crippen LogP contribution in [0.2, 0.25) is 0 Å². The van der Waals surface area contributed by atoms with E-state index in [-0.39, 0.29) is 12.1 Å². The molecule has 0 radical (unpaired) electrons. The van der Waals surface area contributed by atoms with E-state index in [1.807, 2.05) is 20.8 Å². The van der Waals surface area contributed by atoms with E-state index in [4.69, 9.17) is 22.7 Å². The first-order chi connectivity index (χ1) is 8.41. The van der Waals surface area contributed by atoms with Crippen LogP contribution >= 0.6 is 12.2 Å². The van der Waals surface area contributed by atoms with Gasteiger partial charge >= 0.3 is 6.09 Å². The van der Waals surface area contributed by atoms with Crippen LogP contribution < -0.4 is 5.73 Å². The van der Waals surface area contributed by atoms with E-state index in [0.29, 0.717) is 30.6 Å². The third kappa shape index (κ3) is 4.42. The summed E-state index contributed by atoms with van der Waals surface area (Å²) < 4.78 is 5.20. The molecule has 0 saturated carbocycles. The zero-order chi connectivity index (χ0) is 13.7. The summed E-state index contributed by atoms with van der Waals surface area (Å²) in [4.78, 5) is 16.2. The summed E-state index contributed by atoms with van der Waals surface area (Å²) in [6, 6.07) is 0.0915. The van der Waals surface area contributed by atoms with Crippen molar-refractivity contribution in [2.45, 2.75) is 26.8 Å². The molecule has 0 aromatic rings. The van der Waals surface area contributed by atoms with Crippen LogP contribution in [-0.2, 0) is 4.74 Å². The van der Waals surface area contributed by atoms with Gasteiger partial charge in [-0.15, -0.1) is 0 Å². The van der Waals surface area contributed by atoms with E-state index in [0.717, 1.165) is 13.1 Å². The Morgan fingerprint density at radius 2 is 1.83 bits per heavy atom. The van der Waals surface area contributed by atoms with Crippen LogP contribution in [0.15, 0.2) is 0 Å². The normalized spacial score (nSPS) is 18.8. The Bertz CT molecular complexity index is 302. The molecule has 0 bridgehead atoms. The Morgan fingerprint density at radius 1 is 1.28 bits per heavy atom. The topological polar surface area (TPSA) is 58.8 Å². The van der Waals surface area contributed by atoms with E-state index in [1.54, 1.807) is 4.90 Å². The highest BCUT2D eigenvalue weighted by Gasteiger charge is 2.25. The lowest BCUT2D eigenvalue weighted by Crippen LogP contribution is -2.54. The third-order valence-electron chi connectivity index (χ3n) is 3.07. The number of hydrogen-bond donors (Lipinski definition) is 1. The monoisotopic (exact) mass is 273 g/mol. The number of piperazine rings is 1. The standard InChI is InChI=1S/C12H23N3O2S/c1-9(2)8-17-12(16)15-6-4-14(5-7-15)10(3)11(13)18/h9-10H,4-8H2,1-3H3,(H2,13,18). The van der Waals surface area contributed by atoms with Gasteiger partial charge in [0, 0.05) is 26.2 Å². The molecule has 5 nitrogen and oxygen atoms in total. The molecule has 1 unspecified atom stereocenters. The second kappa shape index (κ2) is 6.89. The minimum absolute atomic E-state index is 0.0915. The van der Waals surface area contributed by atoms with Crippen LogP contribution in [0.3, 0.4) is 0 Å². The number of nitrogens with two attached hydrogens (primary N) is 1. The minimum Gasteiger partial charge on any atom is -0.449 e. The van der Waals surface area contributed by atoms with Gasteiger partial charge in [-0.05, 0) is 12.8 Å². The zero-order valence-electron chi connectivity index (χ0n) is 11.4. The average molecular weight is 273 g/mol. The number of thiocarbonyl (C=S) groups is 1. The molecule has 104 valence electrons. The molecule has 1 saturated heterocycles. The predicted octanol–water partition coefficient (Wildman–Crippen LogP) is 1.07. The van der Waals surface area contributed by atoms with Crippen LogP contribution in [0, 0.1) is 5.92 Å².